The number of esters is 1. The molecule has 0 saturated carbocycles. The van der Waals surface area contributed by atoms with Gasteiger partial charge in [0, 0.05) is 6.07 Å². The number of hydrogen-bond donors (Lipinski definition) is 0. The van der Waals surface area contributed by atoms with E-state index in [-0.39, 0.29) is 6.61 Å². The summed E-state index contributed by atoms with van der Waals surface area (Å²) in [5, 5.41) is 0. The highest BCUT2D eigenvalue weighted by Gasteiger charge is 2.08. The molecule has 0 atom stereocenters. The van der Waals surface area contributed by atoms with E-state index in [9.17, 15) is 4.79 Å². The Hall–Kier alpha value is -1.97. The molecular formula is C14H18O4. The van der Waals surface area contributed by atoms with Gasteiger partial charge in [-0.1, -0.05) is 12.6 Å². The highest BCUT2D eigenvalue weighted by atomic mass is 16.5. The molecule has 1 aromatic rings. The largest absolute Gasteiger partial charge is 0.494 e. The van der Waals surface area contributed by atoms with E-state index >= 15 is 0 Å². The van der Waals surface area contributed by atoms with Crippen LogP contribution in [0.4, 0.5) is 0 Å². The molecule has 0 saturated heterocycles. The highest BCUT2D eigenvalue weighted by Crippen LogP contribution is 2.19. The third-order valence-corrected chi connectivity index (χ3v) is 2.09. The van der Waals surface area contributed by atoms with Crippen LogP contribution in [0.2, 0.25) is 0 Å². The van der Waals surface area contributed by atoms with E-state index in [1.165, 1.54) is 0 Å². The van der Waals surface area contributed by atoms with E-state index in [1.807, 2.05) is 19.1 Å². The van der Waals surface area contributed by atoms with Crippen molar-refractivity contribution in [2.75, 3.05) is 19.8 Å². The molecule has 1 aromatic carbocycles. The summed E-state index contributed by atoms with van der Waals surface area (Å²) >= 11 is 0. The number of carbonyl (C=O) groups is 1. The second-order valence-corrected chi connectivity index (χ2v) is 3.52. The highest BCUT2D eigenvalue weighted by molar-refractivity contribution is 5.88. The molecule has 0 aliphatic heterocycles. The van der Waals surface area contributed by atoms with Crippen LogP contribution in [0.15, 0.2) is 36.4 Å². The predicted molar refractivity (Wildman–Crippen MR) is 68.9 cm³/mol. The normalized spacial score (nSPS) is 9.67. The van der Waals surface area contributed by atoms with Crippen molar-refractivity contribution in [1.29, 1.82) is 0 Å². The van der Waals surface area contributed by atoms with E-state index < -0.39 is 5.97 Å². The summed E-state index contributed by atoms with van der Waals surface area (Å²) in [7, 11) is 0. The first-order valence-corrected chi connectivity index (χ1v) is 5.88. The Labute approximate surface area is 107 Å². The minimum Gasteiger partial charge on any atom is -0.494 e. The van der Waals surface area contributed by atoms with Gasteiger partial charge in [0.25, 0.3) is 0 Å². The van der Waals surface area contributed by atoms with Crippen LogP contribution < -0.4 is 9.47 Å². The van der Waals surface area contributed by atoms with Gasteiger partial charge < -0.3 is 14.2 Å². The van der Waals surface area contributed by atoms with Crippen LogP contribution in [-0.2, 0) is 9.53 Å². The van der Waals surface area contributed by atoms with Gasteiger partial charge in [0.05, 0.1) is 18.8 Å². The van der Waals surface area contributed by atoms with Gasteiger partial charge in [0.2, 0.25) is 0 Å². The zero-order valence-electron chi connectivity index (χ0n) is 10.8. The number of benzene rings is 1. The van der Waals surface area contributed by atoms with Crippen LogP contribution in [0, 0.1) is 0 Å². The molecule has 0 N–H and O–H groups in total. The second-order valence-electron chi connectivity index (χ2n) is 3.52. The van der Waals surface area contributed by atoms with Crippen molar-refractivity contribution < 1.29 is 19.0 Å². The molecule has 0 bridgehead atoms. The minimum absolute atomic E-state index is 0.106. The summed E-state index contributed by atoms with van der Waals surface area (Å²) in [6.45, 7) is 8.31. The zero-order chi connectivity index (χ0) is 13.4. The Morgan fingerprint density at radius 3 is 2.44 bits per heavy atom. The SMILES string of the molecule is C=C(COc1cccc(OCC)c1)C(=O)OCC. The van der Waals surface area contributed by atoms with Gasteiger partial charge in [-0.3, -0.25) is 0 Å². The molecular weight excluding hydrogens is 232 g/mol. The fourth-order valence-electron chi connectivity index (χ4n) is 1.28. The molecule has 4 nitrogen and oxygen atoms in total. The third-order valence-electron chi connectivity index (χ3n) is 2.09. The molecule has 0 aliphatic carbocycles. The topological polar surface area (TPSA) is 44.8 Å². The minimum atomic E-state index is -0.432. The van der Waals surface area contributed by atoms with Crippen LogP contribution >= 0.6 is 0 Å². The lowest BCUT2D eigenvalue weighted by Gasteiger charge is -2.09. The Kier molecular flexibility index (Phi) is 5.77. The first-order valence-electron chi connectivity index (χ1n) is 5.88. The van der Waals surface area contributed by atoms with Crippen molar-refractivity contribution in [3.05, 3.63) is 36.4 Å². The predicted octanol–water partition coefficient (Wildman–Crippen LogP) is 2.58. The number of hydrogen-bond acceptors (Lipinski definition) is 4. The standard InChI is InChI=1S/C14H18O4/c1-4-16-12-7-6-8-13(9-12)18-10-11(3)14(15)17-5-2/h6-9H,3-5,10H2,1-2H3. The third kappa shape index (κ3) is 4.49. The van der Waals surface area contributed by atoms with Gasteiger partial charge in [0.15, 0.2) is 0 Å². The monoisotopic (exact) mass is 250 g/mol. The summed E-state index contributed by atoms with van der Waals surface area (Å²) in [5.41, 5.74) is 0.290. The van der Waals surface area contributed by atoms with Crippen molar-refractivity contribution in [3.63, 3.8) is 0 Å². The summed E-state index contributed by atoms with van der Waals surface area (Å²) in [5.74, 6) is 0.932. The number of rotatable bonds is 7. The molecule has 0 aliphatic rings. The lowest BCUT2D eigenvalue weighted by molar-refractivity contribution is -0.138. The van der Waals surface area contributed by atoms with Gasteiger partial charge in [-0.2, -0.15) is 0 Å². The molecule has 0 aromatic heterocycles. The summed E-state index contributed by atoms with van der Waals surface area (Å²) < 4.78 is 15.6. The van der Waals surface area contributed by atoms with Crippen molar-refractivity contribution in [1.82, 2.24) is 0 Å². The fourth-order valence-corrected chi connectivity index (χ4v) is 1.28. The molecule has 18 heavy (non-hydrogen) atoms. The van der Waals surface area contributed by atoms with Crippen LogP contribution in [-0.4, -0.2) is 25.8 Å². The van der Waals surface area contributed by atoms with E-state index in [2.05, 4.69) is 6.58 Å². The molecule has 1 rings (SSSR count). The van der Waals surface area contributed by atoms with Crippen molar-refractivity contribution in [2.45, 2.75) is 13.8 Å². The Bertz CT molecular complexity index is 412. The van der Waals surface area contributed by atoms with Crippen molar-refractivity contribution in [2.24, 2.45) is 0 Å². The quantitative estimate of drug-likeness (QED) is 0.551. The first kappa shape index (κ1) is 14.1. The van der Waals surface area contributed by atoms with Gasteiger partial charge in [0.1, 0.15) is 18.1 Å². The van der Waals surface area contributed by atoms with Gasteiger partial charge in [-0.15, -0.1) is 0 Å². The Morgan fingerprint density at radius 2 is 1.83 bits per heavy atom. The maximum atomic E-state index is 11.3. The fraction of sp³-hybridized carbons (Fsp3) is 0.357. The Morgan fingerprint density at radius 1 is 1.17 bits per heavy atom. The lowest BCUT2D eigenvalue weighted by Crippen LogP contribution is -2.13. The molecule has 98 valence electrons. The number of carbonyl (C=O) groups excluding carboxylic acids is 1. The second kappa shape index (κ2) is 7.37. The average Bonchev–Trinajstić information content (AvgIpc) is 2.37. The summed E-state index contributed by atoms with van der Waals surface area (Å²) in [6, 6.07) is 7.23. The molecule has 0 heterocycles. The van der Waals surface area contributed by atoms with E-state index in [4.69, 9.17) is 14.2 Å². The molecule has 0 spiro atoms. The van der Waals surface area contributed by atoms with Gasteiger partial charge in [-0.25, -0.2) is 4.79 Å². The molecule has 0 fully saturated rings. The summed E-state index contributed by atoms with van der Waals surface area (Å²) in [4.78, 5) is 11.3. The molecule has 0 amide bonds. The molecule has 0 unspecified atom stereocenters. The maximum Gasteiger partial charge on any atom is 0.336 e. The molecule has 4 heteroatoms. The van der Waals surface area contributed by atoms with Crippen molar-refractivity contribution in [3.8, 4) is 11.5 Å². The zero-order valence-corrected chi connectivity index (χ0v) is 10.8. The first-order chi connectivity index (χ1) is 8.67. The van der Waals surface area contributed by atoms with Crippen LogP contribution in [0.25, 0.3) is 0 Å². The van der Waals surface area contributed by atoms with Crippen molar-refractivity contribution >= 4 is 5.97 Å². The van der Waals surface area contributed by atoms with E-state index in [0.29, 0.717) is 24.5 Å². The van der Waals surface area contributed by atoms with Gasteiger partial charge in [-0.05, 0) is 26.0 Å². The van der Waals surface area contributed by atoms with E-state index in [1.54, 1.807) is 19.1 Å². The average molecular weight is 250 g/mol. The van der Waals surface area contributed by atoms with E-state index in [0.717, 1.165) is 5.75 Å². The Balaban J connectivity index is 2.50. The van der Waals surface area contributed by atoms with Crippen LogP contribution in [0.3, 0.4) is 0 Å². The smallest absolute Gasteiger partial charge is 0.336 e. The lowest BCUT2D eigenvalue weighted by atomic mass is 10.3. The van der Waals surface area contributed by atoms with Crippen LogP contribution in [0.1, 0.15) is 13.8 Å². The number of ether oxygens (including phenoxy) is 3. The van der Waals surface area contributed by atoms with Crippen LogP contribution in [0.5, 0.6) is 11.5 Å². The summed E-state index contributed by atoms with van der Waals surface area (Å²) in [6.07, 6.45) is 0. The maximum absolute atomic E-state index is 11.3. The molecule has 0 radical (unpaired) electrons. The van der Waals surface area contributed by atoms with Gasteiger partial charge >= 0.3 is 5.97 Å².